The van der Waals surface area contributed by atoms with Crippen LogP contribution in [0.2, 0.25) is 0 Å². The number of nitriles is 3. The molecular weight excluding hydrogens is 1050 g/mol. The number of benzene rings is 11. The monoisotopic (exact) mass is 1080 g/mol. The SMILES string of the molecule is [C-]#[N+]c1ccc(-c2ccc3c(c2)c2cc(-c4ccc(C#N)cc4)ccc2n3-c2ccc(-c3ccc(C(F)(F)F)cc3C#N)cc2-c2ccc([N+]#[C-])cc2-n2c3ccc(-c4ccc(C#N)cc4)cc3c3cc(-c4ccc([N+]#[C-])cc4)ccc32)cc1. The predicted molar refractivity (Wildman–Crippen MR) is 326 cm³/mol. The maximum absolute atomic E-state index is 14.3. The number of halogens is 3. The first-order valence-electron chi connectivity index (χ1n) is 26.4. The van der Waals surface area contributed by atoms with Crippen LogP contribution in [0.5, 0.6) is 0 Å². The fourth-order valence-electron chi connectivity index (χ4n) is 11.4. The molecule has 2 heterocycles. The lowest BCUT2D eigenvalue weighted by Gasteiger charge is -2.21. The van der Waals surface area contributed by atoms with Crippen LogP contribution in [-0.4, -0.2) is 9.13 Å². The van der Waals surface area contributed by atoms with Crippen LogP contribution in [0.25, 0.3) is 136 Å². The molecule has 390 valence electrons. The second-order valence-corrected chi connectivity index (χ2v) is 20.2. The molecule has 0 N–H and O–H groups in total. The fraction of sp³-hybridized carbons (Fsp3) is 0.0137. The molecule has 0 fully saturated rings. The molecule has 8 nitrogen and oxygen atoms in total. The van der Waals surface area contributed by atoms with E-state index in [4.69, 9.17) is 19.7 Å². The molecule has 0 saturated carbocycles. The quantitative estimate of drug-likeness (QED) is 0.142. The molecule has 11 aromatic carbocycles. The highest BCUT2D eigenvalue weighted by atomic mass is 19.4. The Kier molecular flexibility index (Phi) is 12.5. The molecule has 0 aliphatic carbocycles. The minimum absolute atomic E-state index is 0.156. The van der Waals surface area contributed by atoms with Crippen LogP contribution in [0.3, 0.4) is 0 Å². The van der Waals surface area contributed by atoms with Gasteiger partial charge in [0.05, 0.1) is 87.9 Å². The molecule has 84 heavy (non-hydrogen) atoms. The van der Waals surface area contributed by atoms with Crippen molar-refractivity contribution in [2.45, 2.75) is 6.18 Å². The largest absolute Gasteiger partial charge is 0.416 e. The van der Waals surface area contributed by atoms with E-state index >= 15 is 0 Å². The van der Waals surface area contributed by atoms with Gasteiger partial charge in [0, 0.05) is 38.4 Å². The van der Waals surface area contributed by atoms with E-state index in [2.05, 4.69) is 72.2 Å². The summed E-state index contributed by atoms with van der Waals surface area (Å²) in [6.45, 7) is 23.5. The van der Waals surface area contributed by atoms with Gasteiger partial charge in [-0.2, -0.15) is 29.0 Å². The zero-order chi connectivity index (χ0) is 57.8. The molecule has 13 aromatic rings. The van der Waals surface area contributed by atoms with E-state index in [1.54, 1.807) is 54.6 Å². The Morgan fingerprint density at radius 3 is 1.08 bits per heavy atom. The first-order chi connectivity index (χ1) is 40.9. The van der Waals surface area contributed by atoms with Crippen molar-refractivity contribution in [2.75, 3.05) is 0 Å². The summed E-state index contributed by atoms with van der Waals surface area (Å²) in [6, 6.07) is 75.3. The zero-order valence-corrected chi connectivity index (χ0v) is 44.1. The van der Waals surface area contributed by atoms with Crippen molar-refractivity contribution in [3.05, 3.63) is 281 Å². The molecule has 0 aliphatic heterocycles. The Balaban J connectivity index is 1.11. The summed E-state index contributed by atoms with van der Waals surface area (Å²) >= 11 is 0. The lowest BCUT2D eigenvalue weighted by molar-refractivity contribution is -0.137. The minimum Gasteiger partial charge on any atom is -0.310 e. The average molecular weight is 1080 g/mol. The van der Waals surface area contributed by atoms with Crippen LogP contribution in [0.4, 0.5) is 30.2 Å². The molecule has 0 atom stereocenters. The number of hydrogen-bond donors (Lipinski definition) is 0. The summed E-state index contributed by atoms with van der Waals surface area (Å²) in [5.41, 5.74) is 15.3. The van der Waals surface area contributed by atoms with Crippen LogP contribution in [0.1, 0.15) is 22.3 Å². The van der Waals surface area contributed by atoms with Gasteiger partial charge in [0.2, 0.25) is 0 Å². The number of fused-ring (bicyclic) bond motifs is 6. The van der Waals surface area contributed by atoms with Crippen molar-refractivity contribution >= 4 is 60.7 Å². The van der Waals surface area contributed by atoms with Crippen molar-refractivity contribution in [1.82, 2.24) is 9.13 Å². The molecule has 0 aliphatic rings. The third kappa shape index (κ3) is 8.87. The minimum atomic E-state index is -4.69. The van der Waals surface area contributed by atoms with E-state index in [9.17, 15) is 29.0 Å². The van der Waals surface area contributed by atoms with E-state index < -0.39 is 11.7 Å². The number of aromatic nitrogens is 2. The fourth-order valence-corrected chi connectivity index (χ4v) is 11.4. The smallest absolute Gasteiger partial charge is 0.310 e. The van der Waals surface area contributed by atoms with Crippen LogP contribution in [-0.2, 0) is 6.18 Å². The van der Waals surface area contributed by atoms with Crippen molar-refractivity contribution in [3.63, 3.8) is 0 Å². The molecule has 0 unspecified atom stereocenters. The Morgan fingerprint density at radius 2 is 0.690 bits per heavy atom. The Labute approximate surface area is 479 Å². The van der Waals surface area contributed by atoms with Gasteiger partial charge in [-0.3, -0.25) is 0 Å². The highest BCUT2D eigenvalue weighted by molar-refractivity contribution is 6.14. The lowest BCUT2D eigenvalue weighted by Crippen LogP contribution is -2.05. The Morgan fingerprint density at radius 1 is 0.321 bits per heavy atom. The van der Waals surface area contributed by atoms with Gasteiger partial charge in [0.25, 0.3) is 0 Å². The van der Waals surface area contributed by atoms with E-state index in [1.165, 1.54) is 6.07 Å². The van der Waals surface area contributed by atoms with Crippen LogP contribution >= 0.6 is 0 Å². The molecule has 0 amide bonds. The molecule has 11 heteroatoms. The average Bonchev–Trinajstić information content (AvgIpc) is 2.25. The summed E-state index contributed by atoms with van der Waals surface area (Å²) < 4.78 is 47.1. The van der Waals surface area contributed by atoms with Crippen molar-refractivity contribution < 1.29 is 13.2 Å². The molecule has 0 bridgehead atoms. The van der Waals surface area contributed by atoms with Gasteiger partial charge in [-0.05, 0) is 159 Å². The molecule has 0 radical (unpaired) electrons. The number of alkyl halides is 3. The molecule has 0 spiro atoms. The second-order valence-electron chi connectivity index (χ2n) is 20.2. The van der Waals surface area contributed by atoms with Crippen LogP contribution < -0.4 is 0 Å². The van der Waals surface area contributed by atoms with Crippen molar-refractivity contribution in [3.8, 4) is 96.3 Å². The maximum atomic E-state index is 14.3. The maximum Gasteiger partial charge on any atom is 0.416 e. The van der Waals surface area contributed by atoms with E-state index in [-0.39, 0.29) is 5.56 Å². The normalized spacial score (nSPS) is 11.2. The molecule has 13 rings (SSSR count). The number of hydrogen-bond acceptors (Lipinski definition) is 3. The third-order valence-electron chi connectivity index (χ3n) is 15.5. The first-order valence-corrected chi connectivity index (χ1v) is 26.4. The number of nitrogens with zero attached hydrogens (tertiary/aromatic N) is 8. The molecule has 2 aromatic heterocycles. The van der Waals surface area contributed by atoms with Gasteiger partial charge in [-0.1, -0.05) is 121 Å². The summed E-state index contributed by atoms with van der Waals surface area (Å²) in [7, 11) is 0. The summed E-state index contributed by atoms with van der Waals surface area (Å²) in [5, 5.41) is 33.4. The lowest BCUT2D eigenvalue weighted by atomic mass is 9.92. The van der Waals surface area contributed by atoms with Crippen molar-refractivity contribution in [1.29, 1.82) is 15.8 Å². The Hall–Kier alpha value is -12.3. The van der Waals surface area contributed by atoms with E-state index in [0.717, 1.165) is 100 Å². The predicted octanol–water partition coefficient (Wildman–Crippen LogP) is 20.2. The molecule has 0 saturated heterocycles. The van der Waals surface area contributed by atoms with E-state index in [1.807, 2.05) is 121 Å². The van der Waals surface area contributed by atoms with Gasteiger partial charge in [-0.15, -0.1) is 0 Å². The second kappa shape index (κ2) is 20.4. The standard InChI is InChI=1S/C73H37F3N8/c1-80-57-22-12-48(13-23-57)52-17-30-69-64(37-52)63-35-50(46-8-4-44(41-77)5-9-46)16-29-68(63)83(69)67-33-20-54(60-27-21-56(73(74,75)76)34-55(60)43-79)39-62(67)61-28-26-59(82-3)40-72(61)84-70-31-18-51(47-10-6-45(42-78)7-11-47)36-65(70)66-38-53(19-32-71(66)84)49-14-24-58(81-2)25-15-49/h4-40H. The van der Waals surface area contributed by atoms with E-state index in [0.29, 0.717) is 61.8 Å². The highest BCUT2D eigenvalue weighted by Crippen LogP contribution is 2.46. The van der Waals surface area contributed by atoms with Crippen molar-refractivity contribution in [2.24, 2.45) is 0 Å². The van der Waals surface area contributed by atoms with Crippen LogP contribution in [0.15, 0.2) is 224 Å². The Bertz CT molecular complexity index is 4930. The third-order valence-corrected chi connectivity index (χ3v) is 15.5. The van der Waals surface area contributed by atoms with Gasteiger partial charge in [-0.25, -0.2) is 14.5 Å². The molecular formula is C73H37F3N8. The highest BCUT2D eigenvalue weighted by Gasteiger charge is 2.31. The zero-order valence-electron chi connectivity index (χ0n) is 44.1. The van der Waals surface area contributed by atoms with Gasteiger partial charge >= 0.3 is 6.18 Å². The topological polar surface area (TPSA) is 94.3 Å². The van der Waals surface area contributed by atoms with Gasteiger partial charge in [0.1, 0.15) is 0 Å². The van der Waals surface area contributed by atoms with Gasteiger partial charge in [0.15, 0.2) is 17.1 Å². The summed E-state index contributed by atoms with van der Waals surface area (Å²) in [6.07, 6.45) is -4.69. The summed E-state index contributed by atoms with van der Waals surface area (Å²) in [4.78, 5) is 11.2. The number of rotatable bonds is 8. The first kappa shape index (κ1) is 51.2. The van der Waals surface area contributed by atoms with Gasteiger partial charge < -0.3 is 9.13 Å². The van der Waals surface area contributed by atoms with Crippen LogP contribution in [0, 0.1) is 53.7 Å². The summed E-state index contributed by atoms with van der Waals surface area (Å²) in [5.74, 6) is 0.